The van der Waals surface area contributed by atoms with E-state index in [0.717, 1.165) is 18.8 Å². The van der Waals surface area contributed by atoms with Gasteiger partial charge in [-0.05, 0) is 31.5 Å². The standard InChI is InChI=1S/C18H26N2O/c1-13(2)19-11-17-10-14(3)6-7-18(17)20(5)12-16-8-9-21-15(16)4/h6-10,13,19H,11-12H2,1-5H3. The average molecular weight is 286 g/mol. The van der Waals surface area contributed by atoms with Crippen molar-refractivity contribution in [2.24, 2.45) is 0 Å². The second kappa shape index (κ2) is 6.81. The van der Waals surface area contributed by atoms with E-state index in [-0.39, 0.29) is 0 Å². The molecule has 0 radical (unpaired) electrons. The van der Waals surface area contributed by atoms with Gasteiger partial charge in [0, 0.05) is 37.4 Å². The third-order valence-electron chi connectivity index (χ3n) is 3.72. The first-order chi connectivity index (χ1) is 9.97. The highest BCUT2D eigenvalue weighted by Crippen LogP contribution is 2.23. The summed E-state index contributed by atoms with van der Waals surface area (Å²) >= 11 is 0. The van der Waals surface area contributed by atoms with Crippen LogP contribution in [0.1, 0.15) is 36.3 Å². The Morgan fingerprint density at radius 2 is 1.90 bits per heavy atom. The van der Waals surface area contributed by atoms with Crippen molar-refractivity contribution >= 4 is 5.69 Å². The van der Waals surface area contributed by atoms with Gasteiger partial charge in [0.1, 0.15) is 5.76 Å². The van der Waals surface area contributed by atoms with E-state index < -0.39 is 0 Å². The predicted molar refractivity (Wildman–Crippen MR) is 88.7 cm³/mol. The van der Waals surface area contributed by atoms with E-state index in [4.69, 9.17) is 4.42 Å². The molecule has 0 saturated heterocycles. The van der Waals surface area contributed by atoms with Gasteiger partial charge in [0.05, 0.1) is 6.26 Å². The minimum absolute atomic E-state index is 0.486. The van der Waals surface area contributed by atoms with E-state index in [1.807, 2.05) is 13.0 Å². The van der Waals surface area contributed by atoms with Crippen molar-refractivity contribution < 1.29 is 4.42 Å². The molecular weight excluding hydrogens is 260 g/mol. The summed E-state index contributed by atoms with van der Waals surface area (Å²) in [6.07, 6.45) is 1.76. The van der Waals surface area contributed by atoms with Gasteiger partial charge in [-0.3, -0.25) is 0 Å². The van der Waals surface area contributed by atoms with Gasteiger partial charge < -0.3 is 14.6 Å². The van der Waals surface area contributed by atoms with Crippen LogP contribution in [0.3, 0.4) is 0 Å². The molecule has 0 aliphatic heterocycles. The number of nitrogens with one attached hydrogen (secondary N) is 1. The maximum atomic E-state index is 5.39. The molecule has 0 bridgehead atoms. The number of aryl methyl sites for hydroxylation is 2. The number of hydrogen-bond donors (Lipinski definition) is 1. The summed E-state index contributed by atoms with van der Waals surface area (Å²) < 4.78 is 5.39. The molecule has 1 N–H and O–H groups in total. The number of furan rings is 1. The monoisotopic (exact) mass is 286 g/mol. The lowest BCUT2D eigenvalue weighted by Crippen LogP contribution is -2.24. The van der Waals surface area contributed by atoms with Gasteiger partial charge in [-0.15, -0.1) is 0 Å². The minimum atomic E-state index is 0.486. The SMILES string of the molecule is Cc1ccc(N(C)Cc2ccoc2C)c(CNC(C)C)c1. The maximum absolute atomic E-state index is 5.39. The summed E-state index contributed by atoms with van der Waals surface area (Å²) in [7, 11) is 2.13. The van der Waals surface area contributed by atoms with Gasteiger partial charge in [-0.1, -0.05) is 31.5 Å². The Balaban J connectivity index is 2.19. The molecule has 1 aromatic carbocycles. The molecule has 2 aromatic rings. The van der Waals surface area contributed by atoms with Gasteiger partial charge in [-0.25, -0.2) is 0 Å². The van der Waals surface area contributed by atoms with Crippen LogP contribution in [0.25, 0.3) is 0 Å². The molecule has 0 saturated carbocycles. The average Bonchev–Trinajstić information content (AvgIpc) is 2.82. The van der Waals surface area contributed by atoms with Crippen molar-refractivity contribution in [2.75, 3.05) is 11.9 Å². The summed E-state index contributed by atoms with van der Waals surface area (Å²) in [4.78, 5) is 2.29. The van der Waals surface area contributed by atoms with Crippen molar-refractivity contribution in [3.63, 3.8) is 0 Å². The zero-order valence-corrected chi connectivity index (χ0v) is 13.7. The first-order valence-electron chi connectivity index (χ1n) is 7.54. The first kappa shape index (κ1) is 15.6. The molecule has 0 aliphatic carbocycles. The molecule has 0 atom stereocenters. The van der Waals surface area contributed by atoms with Crippen LogP contribution in [0.15, 0.2) is 34.9 Å². The van der Waals surface area contributed by atoms with Gasteiger partial charge in [0.25, 0.3) is 0 Å². The van der Waals surface area contributed by atoms with Crippen LogP contribution >= 0.6 is 0 Å². The van der Waals surface area contributed by atoms with E-state index in [0.29, 0.717) is 6.04 Å². The van der Waals surface area contributed by atoms with E-state index in [1.54, 1.807) is 6.26 Å². The van der Waals surface area contributed by atoms with Crippen LogP contribution in [0.4, 0.5) is 5.69 Å². The summed E-state index contributed by atoms with van der Waals surface area (Å²) in [6, 6.07) is 9.18. The summed E-state index contributed by atoms with van der Waals surface area (Å²) in [5.41, 5.74) is 5.15. The summed E-state index contributed by atoms with van der Waals surface area (Å²) in [6.45, 7) is 10.3. The van der Waals surface area contributed by atoms with Gasteiger partial charge in [-0.2, -0.15) is 0 Å². The minimum Gasteiger partial charge on any atom is -0.469 e. The molecule has 1 heterocycles. The summed E-state index contributed by atoms with van der Waals surface area (Å²) in [5.74, 6) is 0.996. The Morgan fingerprint density at radius 1 is 1.14 bits per heavy atom. The Hall–Kier alpha value is -1.74. The quantitative estimate of drug-likeness (QED) is 0.869. The number of rotatable bonds is 6. The van der Waals surface area contributed by atoms with E-state index >= 15 is 0 Å². The largest absolute Gasteiger partial charge is 0.469 e. The highest BCUT2D eigenvalue weighted by Gasteiger charge is 2.11. The molecule has 21 heavy (non-hydrogen) atoms. The molecule has 3 heteroatoms. The number of benzene rings is 1. The van der Waals surface area contributed by atoms with Crippen LogP contribution in [-0.2, 0) is 13.1 Å². The van der Waals surface area contributed by atoms with Gasteiger partial charge in [0.15, 0.2) is 0 Å². The van der Waals surface area contributed by atoms with Crippen molar-refractivity contribution in [1.29, 1.82) is 0 Å². The molecule has 0 amide bonds. The van der Waals surface area contributed by atoms with E-state index in [1.165, 1.54) is 22.4 Å². The van der Waals surface area contributed by atoms with E-state index in [2.05, 4.69) is 56.2 Å². The van der Waals surface area contributed by atoms with Gasteiger partial charge in [0.2, 0.25) is 0 Å². The lowest BCUT2D eigenvalue weighted by Gasteiger charge is -2.23. The highest BCUT2D eigenvalue weighted by molar-refractivity contribution is 5.55. The van der Waals surface area contributed by atoms with Crippen LogP contribution in [0.2, 0.25) is 0 Å². The first-order valence-corrected chi connectivity index (χ1v) is 7.54. The molecule has 0 unspecified atom stereocenters. The number of anilines is 1. The molecule has 3 nitrogen and oxygen atoms in total. The van der Waals surface area contributed by atoms with Crippen LogP contribution in [0.5, 0.6) is 0 Å². The zero-order valence-electron chi connectivity index (χ0n) is 13.7. The number of nitrogens with zero attached hydrogens (tertiary/aromatic N) is 1. The normalized spacial score (nSPS) is 11.1. The highest BCUT2D eigenvalue weighted by atomic mass is 16.3. The van der Waals surface area contributed by atoms with E-state index in [9.17, 15) is 0 Å². The Labute approximate surface area is 128 Å². The lowest BCUT2D eigenvalue weighted by molar-refractivity contribution is 0.529. The molecule has 1 aromatic heterocycles. The molecular formula is C18H26N2O. The topological polar surface area (TPSA) is 28.4 Å². The predicted octanol–water partition coefficient (Wildman–Crippen LogP) is 4.03. The van der Waals surface area contributed by atoms with Crippen LogP contribution in [0, 0.1) is 13.8 Å². The van der Waals surface area contributed by atoms with Crippen LogP contribution < -0.4 is 10.2 Å². The number of hydrogen-bond acceptors (Lipinski definition) is 3. The Bertz CT molecular complexity index is 587. The third-order valence-corrected chi connectivity index (χ3v) is 3.72. The molecule has 0 fully saturated rings. The van der Waals surface area contributed by atoms with Crippen LogP contribution in [-0.4, -0.2) is 13.1 Å². The smallest absolute Gasteiger partial charge is 0.105 e. The third kappa shape index (κ3) is 4.11. The molecule has 0 spiro atoms. The second-order valence-corrected chi connectivity index (χ2v) is 6.03. The van der Waals surface area contributed by atoms with Crippen molar-refractivity contribution in [3.8, 4) is 0 Å². The molecule has 0 aliphatic rings. The fourth-order valence-corrected chi connectivity index (χ4v) is 2.46. The van der Waals surface area contributed by atoms with Crippen molar-refractivity contribution in [3.05, 3.63) is 53.0 Å². The fraction of sp³-hybridized carbons (Fsp3) is 0.444. The van der Waals surface area contributed by atoms with Crippen molar-refractivity contribution in [1.82, 2.24) is 5.32 Å². The lowest BCUT2D eigenvalue weighted by atomic mass is 10.1. The Kier molecular flexibility index (Phi) is 5.07. The Morgan fingerprint density at radius 3 is 2.52 bits per heavy atom. The maximum Gasteiger partial charge on any atom is 0.105 e. The zero-order chi connectivity index (χ0) is 15.4. The van der Waals surface area contributed by atoms with Gasteiger partial charge >= 0.3 is 0 Å². The molecule has 2 rings (SSSR count). The fourth-order valence-electron chi connectivity index (χ4n) is 2.46. The summed E-state index contributed by atoms with van der Waals surface area (Å²) in [5, 5.41) is 3.51. The second-order valence-electron chi connectivity index (χ2n) is 6.03. The van der Waals surface area contributed by atoms with Crippen molar-refractivity contribution in [2.45, 2.75) is 46.8 Å². The molecule has 114 valence electrons.